The number of hydrogen-bond donors (Lipinski definition) is 1. The van der Waals surface area contributed by atoms with Crippen LogP contribution in [0.4, 0.5) is 4.79 Å². The van der Waals surface area contributed by atoms with Gasteiger partial charge in [-0.2, -0.15) is 0 Å². The summed E-state index contributed by atoms with van der Waals surface area (Å²) < 4.78 is 4.87. The van der Waals surface area contributed by atoms with Crippen molar-refractivity contribution in [3.63, 3.8) is 0 Å². The van der Waals surface area contributed by atoms with Crippen molar-refractivity contribution in [2.75, 3.05) is 12.9 Å². The average molecular weight is 319 g/mol. The van der Waals surface area contributed by atoms with Crippen LogP contribution in [0.15, 0.2) is 30.4 Å². The number of thioether (sulfide) groups is 1. The number of amides is 1. The van der Waals surface area contributed by atoms with Gasteiger partial charge in [0.15, 0.2) is 0 Å². The van der Waals surface area contributed by atoms with Gasteiger partial charge in [-0.05, 0) is 29.5 Å². The van der Waals surface area contributed by atoms with Gasteiger partial charge in [-0.3, -0.25) is 4.79 Å². The first-order valence-electron chi connectivity index (χ1n) is 7.32. The minimum absolute atomic E-state index is 0.0314. The van der Waals surface area contributed by atoms with E-state index < -0.39 is 0 Å². The van der Waals surface area contributed by atoms with Crippen LogP contribution in [-0.2, 0) is 11.2 Å². The maximum Gasteiger partial charge on any atom is 0.338 e. The van der Waals surface area contributed by atoms with E-state index in [4.69, 9.17) is 4.74 Å². The molecule has 1 aromatic rings. The Morgan fingerprint density at radius 3 is 2.86 bits per heavy atom. The van der Waals surface area contributed by atoms with Crippen molar-refractivity contribution in [2.45, 2.75) is 32.2 Å². The summed E-state index contributed by atoms with van der Waals surface area (Å²) in [7, 11) is 1.40. The van der Waals surface area contributed by atoms with E-state index in [0.29, 0.717) is 5.56 Å². The van der Waals surface area contributed by atoms with Gasteiger partial charge in [0, 0.05) is 5.75 Å². The van der Waals surface area contributed by atoms with Gasteiger partial charge < -0.3 is 10.1 Å². The van der Waals surface area contributed by atoms with Gasteiger partial charge in [-0.15, -0.1) is 0 Å². The highest BCUT2D eigenvalue weighted by molar-refractivity contribution is 8.14. The van der Waals surface area contributed by atoms with Crippen LogP contribution in [0.25, 0.3) is 0 Å². The molecule has 1 saturated heterocycles. The minimum atomic E-state index is -0.297. The molecular formula is C17H21NO3S. The molecule has 0 aromatic heterocycles. The fraction of sp³-hybridized carbons (Fsp3) is 0.412. The smallest absolute Gasteiger partial charge is 0.338 e. The standard InChI is InChI=1S/C17H21NO3S/c1-11(2)14-8-7-12(9-15(14)16(19)21-3)5-4-6-13-10-22-17(20)18-13/h4,6-9,11,13H,5,10H2,1-3H3,(H,18,20)/b6-4-/t13-/m0/s1. The highest BCUT2D eigenvalue weighted by atomic mass is 32.2. The van der Waals surface area contributed by atoms with Gasteiger partial charge >= 0.3 is 5.97 Å². The lowest BCUT2D eigenvalue weighted by Gasteiger charge is -2.12. The van der Waals surface area contributed by atoms with Crippen LogP contribution in [0, 0.1) is 0 Å². The van der Waals surface area contributed by atoms with Crippen molar-refractivity contribution in [1.29, 1.82) is 0 Å². The van der Waals surface area contributed by atoms with Crippen molar-refractivity contribution < 1.29 is 14.3 Å². The lowest BCUT2D eigenvalue weighted by atomic mass is 9.94. The van der Waals surface area contributed by atoms with E-state index in [-0.39, 0.29) is 23.2 Å². The summed E-state index contributed by atoms with van der Waals surface area (Å²) in [4.78, 5) is 23.0. The van der Waals surface area contributed by atoms with Gasteiger partial charge in [-0.1, -0.05) is 49.9 Å². The Morgan fingerprint density at radius 1 is 1.50 bits per heavy atom. The minimum Gasteiger partial charge on any atom is -0.465 e. The molecule has 4 nitrogen and oxygen atoms in total. The topological polar surface area (TPSA) is 55.4 Å². The molecule has 1 N–H and O–H groups in total. The van der Waals surface area contributed by atoms with E-state index in [1.54, 1.807) is 0 Å². The Labute approximate surface area is 135 Å². The number of methoxy groups -OCH3 is 1. The predicted octanol–water partition coefficient (Wildman–Crippen LogP) is 3.52. The van der Waals surface area contributed by atoms with Crippen LogP contribution in [-0.4, -0.2) is 30.1 Å². The lowest BCUT2D eigenvalue weighted by Crippen LogP contribution is -2.23. The second-order valence-corrected chi connectivity index (χ2v) is 6.54. The van der Waals surface area contributed by atoms with Crippen LogP contribution in [0.1, 0.15) is 41.3 Å². The van der Waals surface area contributed by atoms with Crippen LogP contribution in [0.3, 0.4) is 0 Å². The fourth-order valence-corrected chi connectivity index (χ4v) is 3.15. The number of carbonyl (C=O) groups excluding carboxylic acids is 2. The monoisotopic (exact) mass is 319 g/mol. The summed E-state index contributed by atoms with van der Waals surface area (Å²) in [6.07, 6.45) is 4.76. The van der Waals surface area contributed by atoms with E-state index in [1.165, 1.54) is 18.9 Å². The summed E-state index contributed by atoms with van der Waals surface area (Å²) >= 11 is 1.30. The molecule has 1 aromatic carbocycles. The quantitative estimate of drug-likeness (QED) is 0.666. The van der Waals surface area contributed by atoms with E-state index in [2.05, 4.69) is 19.2 Å². The van der Waals surface area contributed by atoms with Gasteiger partial charge in [0.1, 0.15) is 0 Å². The number of nitrogens with one attached hydrogen (secondary N) is 1. The lowest BCUT2D eigenvalue weighted by molar-refractivity contribution is 0.0599. The molecule has 1 aliphatic heterocycles. The largest absolute Gasteiger partial charge is 0.465 e. The number of rotatable bonds is 5. The zero-order valence-electron chi connectivity index (χ0n) is 13.1. The van der Waals surface area contributed by atoms with Crippen LogP contribution in [0.2, 0.25) is 0 Å². The molecule has 0 aliphatic carbocycles. The van der Waals surface area contributed by atoms with Crippen LogP contribution < -0.4 is 5.32 Å². The third kappa shape index (κ3) is 4.13. The average Bonchev–Trinajstić information content (AvgIpc) is 2.91. The van der Waals surface area contributed by atoms with E-state index in [0.717, 1.165) is 23.3 Å². The molecule has 2 rings (SSSR count). The maximum absolute atomic E-state index is 11.9. The molecule has 1 amide bonds. The van der Waals surface area contributed by atoms with Gasteiger partial charge in [0.25, 0.3) is 5.24 Å². The number of hydrogen-bond acceptors (Lipinski definition) is 4. The third-order valence-corrected chi connectivity index (χ3v) is 4.47. The highest BCUT2D eigenvalue weighted by Gasteiger charge is 2.18. The highest BCUT2D eigenvalue weighted by Crippen LogP contribution is 2.22. The number of esters is 1. The van der Waals surface area contributed by atoms with Gasteiger partial charge in [0.2, 0.25) is 0 Å². The first kappa shape index (κ1) is 16.6. The number of carbonyl (C=O) groups is 2. The maximum atomic E-state index is 11.9. The second kappa shape index (κ2) is 7.49. The number of ether oxygens (including phenoxy) is 1. The Hall–Kier alpha value is -1.75. The molecule has 0 radical (unpaired) electrons. The molecule has 1 heterocycles. The van der Waals surface area contributed by atoms with E-state index in [1.807, 2.05) is 30.4 Å². The van der Waals surface area contributed by atoms with Gasteiger partial charge in [0.05, 0.1) is 18.7 Å². The van der Waals surface area contributed by atoms with E-state index in [9.17, 15) is 9.59 Å². The van der Waals surface area contributed by atoms with Crippen molar-refractivity contribution in [1.82, 2.24) is 5.32 Å². The first-order chi connectivity index (χ1) is 10.5. The Bertz CT molecular complexity index is 596. The summed E-state index contributed by atoms with van der Waals surface area (Å²) in [5, 5.41) is 2.90. The summed E-state index contributed by atoms with van der Waals surface area (Å²) in [5.41, 5.74) is 2.69. The summed E-state index contributed by atoms with van der Waals surface area (Å²) in [5.74, 6) is 0.744. The molecule has 118 valence electrons. The Morgan fingerprint density at radius 2 is 2.27 bits per heavy atom. The zero-order chi connectivity index (χ0) is 16.1. The first-order valence-corrected chi connectivity index (χ1v) is 8.31. The molecule has 0 unspecified atom stereocenters. The van der Waals surface area contributed by atoms with E-state index >= 15 is 0 Å². The Balaban J connectivity index is 2.09. The predicted molar refractivity (Wildman–Crippen MR) is 89.5 cm³/mol. The molecule has 1 aliphatic rings. The van der Waals surface area contributed by atoms with Crippen LogP contribution in [0.5, 0.6) is 0 Å². The summed E-state index contributed by atoms with van der Waals surface area (Å²) in [6.45, 7) is 4.11. The molecule has 5 heteroatoms. The molecule has 1 fully saturated rings. The zero-order valence-corrected chi connectivity index (χ0v) is 13.9. The van der Waals surface area contributed by atoms with Crippen molar-refractivity contribution in [3.05, 3.63) is 47.0 Å². The molecular weight excluding hydrogens is 298 g/mol. The normalized spacial score (nSPS) is 18.0. The molecule has 0 bridgehead atoms. The molecule has 0 spiro atoms. The fourth-order valence-electron chi connectivity index (χ4n) is 2.39. The third-order valence-electron chi connectivity index (χ3n) is 3.56. The van der Waals surface area contributed by atoms with Crippen molar-refractivity contribution >= 4 is 23.0 Å². The molecule has 1 atom stereocenters. The van der Waals surface area contributed by atoms with Crippen molar-refractivity contribution in [2.24, 2.45) is 0 Å². The summed E-state index contributed by atoms with van der Waals surface area (Å²) in [6, 6.07) is 6.03. The molecule has 0 saturated carbocycles. The SMILES string of the molecule is COC(=O)c1cc(C/C=C\[C@H]2CSC(=O)N2)ccc1C(C)C. The Kier molecular flexibility index (Phi) is 5.66. The van der Waals surface area contributed by atoms with Crippen molar-refractivity contribution in [3.8, 4) is 0 Å². The molecule has 22 heavy (non-hydrogen) atoms. The number of benzene rings is 1. The number of allylic oxidation sites excluding steroid dienone is 1. The second-order valence-electron chi connectivity index (χ2n) is 5.55. The van der Waals surface area contributed by atoms with Crippen LogP contribution >= 0.6 is 11.8 Å². The van der Waals surface area contributed by atoms with Gasteiger partial charge in [-0.25, -0.2) is 4.79 Å².